The predicted octanol–water partition coefficient (Wildman–Crippen LogP) is 1.04. The second-order valence-corrected chi connectivity index (χ2v) is 2.40. The molecule has 0 fully saturated rings. The molecule has 0 aromatic carbocycles. The molecule has 0 aliphatic heterocycles. The molecule has 0 aromatic heterocycles. The third kappa shape index (κ3) is 4.96. The number of carbonyl (C=O) groups excluding carboxylic acids is 1. The zero-order valence-electron chi connectivity index (χ0n) is 7.83. The van der Waals surface area contributed by atoms with Crippen LogP contribution in [0.5, 0.6) is 0 Å². The van der Waals surface area contributed by atoms with Gasteiger partial charge in [0.1, 0.15) is 11.8 Å². The molecule has 0 aliphatic carbocycles. The maximum absolute atomic E-state index is 11.0. The van der Waals surface area contributed by atoms with Gasteiger partial charge in [-0.2, -0.15) is 5.26 Å². The van der Waals surface area contributed by atoms with Crippen LogP contribution in [0, 0.1) is 11.3 Å². The summed E-state index contributed by atoms with van der Waals surface area (Å²) >= 11 is 0. The van der Waals surface area contributed by atoms with Gasteiger partial charge in [-0.3, -0.25) is 0 Å². The molecule has 0 heterocycles. The molecule has 0 atom stereocenters. The van der Waals surface area contributed by atoms with Crippen molar-refractivity contribution in [1.82, 2.24) is 0 Å². The van der Waals surface area contributed by atoms with Crippen LogP contribution in [0.2, 0.25) is 0 Å². The predicted molar refractivity (Wildman–Crippen MR) is 54.0 cm³/mol. The van der Waals surface area contributed by atoms with E-state index < -0.39 is 5.97 Å². The summed E-state index contributed by atoms with van der Waals surface area (Å²) in [5.41, 5.74) is -0.288. The Bertz CT molecular complexity index is 255. The van der Waals surface area contributed by atoms with Gasteiger partial charge in [0, 0.05) is 6.42 Å². The normalized spacial score (nSPS) is 10.6. The fourth-order valence-corrected chi connectivity index (χ4v) is 0.793. The van der Waals surface area contributed by atoms with E-state index in [1.165, 1.54) is 0 Å². The number of carbonyl (C=O) groups is 1. The Morgan fingerprint density at radius 1 is 1.50 bits per heavy atom. The Labute approximate surface area is 95.7 Å². The third-order valence-corrected chi connectivity index (χ3v) is 1.37. The molecule has 0 spiro atoms. The summed E-state index contributed by atoms with van der Waals surface area (Å²) in [5.74, 6) is -0.945. The average molecular weight is 191 g/mol. The number of nitriles is 1. The van der Waals surface area contributed by atoms with Crippen molar-refractivity contribution >= 4 is 24.8 Å². The molecule has 0 bridgehead atoms. The van der Waals surface area contributed by atoms with Gasteiger partial charge in [0.25, 0.3) is 0 Å². The van der Waals surface area contributed by atoms with Gasteiger partial charge in [-0.05, 0) is 13.3 Å². The van der Waals surface area contributed by atoms with Crippen molar-refractivity contribution < 1.29 is 14.6 Å². The number of nitrogens with zero attached hydrogens (tertiary/aromatic N) is 1. The molecule has 0 unspecified atom stereocenters. The van der Waals surface area contributed by atoms with Crippen molar-refractivity contribution in [3.63, 3.8) is 0 Å². The van der Waals surface area contributed by atoms with Crippen molar-refractivity contribution in [1.29, 1.82) is 5.26 Å². The zero-order valence-corrected chi connectivity index (χ0v) is 7.83. The number of aliphatic hydroxyl groups excluding tert-OH is 1. The number of hydrogen-bond donors (Lipinski definition) is 1. The van der Waals surface area contributed by atoms with Crippen LogP contribution >= 0.6 is 0 Å². The van der Waals surface area contributed by atoms with Crippen LogP contribution in [-0.2, 0) is 9.53 Å². The summed E-state index contributed by atoms with van der Waals surface area (Å²) in [6, 6.07) is 1.63. The van der Waals surface area contributed by atoms with Gasteiger partial charge in [-0.15, -0.1) is 0 Å². The monoisotopic (exact) mass is 191 g/mol. The van der Waals surface area contributed by atoms with Crippen LogP contribution < -0.4 is 0 Å². The van der Waals surface area contributed by atoms with Gasteiger partial charge in [0.2, 0.25) is 0 Å². The standard InChI is InChI=1S/C9H13NO3.Li.H/c1-3-5-8(11)7(6-10)9(12)13-4-2;;/h11H,3-5H2,1-2H3;;. The molecule has 14 heavy (non-hydrogen) atoms. The van der Waals surface area contributed by atoms with E-state index in [2.05, 4.69) is 4.74 Å². The summed E-state index contributed by atoms with van der Waals surface area (Å²) in [6.45, 7) is 3.68. The summed E-state index contributed by atoms with van der Waals surface area (Å²) in [5, 5.41) is 17.8. The van der Waals surface area contributed by atoms with Gasteiger partial charge < -0.3 is 9.84 Å². The van der Waals surface area contributed by atoms with Crippen LogP contribution in [0.25, 0.3) is 0 Å². The number of ether oxygens (including phenoxy) is 1. The van der Waals surface area contributed by atoms with Crippen molar-refractivity contribution in [2.75, 3.05) is 6.61 Å². The molecule has 0 rings (SSSR count). The topological polar surface area (TPSA) is 70.3 Å². The number of aliphatic hydroxyl groups is 1. The van der Waals surface area contributed by atoms with E-state index in [1.54, 1.807) is 13.0 Å². The molecule has 0 aliphatic rings. The minimum atomic E-state index is -0.754. The minimum absolute atomic E-state index is 0. The van der Waals surface area contributed by atoms with Crippen molar-refractivity contribution in [3.8, 4) is 6.07 Å². The molecule has 74 valence electrons. The Kier molecular flexibility index (Phi) is 9.66. The molecular weight excluding hydrogens is 177 g/mol. The van der Waals surface area contributed by atoms with E-state index in [1.807, 2.05) is 6.92 Å². The number of hydrogen-bond acceptors (Lipinski definition) is 4. The second kappa shape index (κ2) is 8.68. The first-order chi connectivity index (χ1) is 6.17. The quantitative estimate of drug-likeness (QED) is 0.237. The fraction of sp³-hybridized carbons (Fsp3) is 0.556. The molecular formula is C9H14LiNO3. The third-order valence-electron chi connectivity index (χ3n) is 1.37. The summed E-state index contributed by atoms with van der Waals surface area (Å²) in [6.07, 6.45) is 0.998. The van der Waals surface area contributed by atoms with Crippen LogP contribution in [-0.4, -0.2) is 36.5 Å². The van der Waals surface area contributed by atoms with E-state index >= 15 is 0 Å². The summed E-state index contributed by atoms with van der Waals surface area (Å²) in [7, 11) is 0. The number of rotatable bonds is 4. The van der Waals surface area contributed by atoms with Gasteiger partial charge in [-0.1, -0.05) is 6.92 Å². The van der Waals surface area contributed by atoms with Crippen molar-refractivity contribution in [2.45, 2.75) is 26.7 Å². The first-order valence-electron chi connectivity index (χ1n) is 4.16. The van der Waals surface area contributed by atoms with Gasteiger partial charge in [0.15, 0.2) is 5.57 Å². The Morgan fingerprint density at radius 2 is 2.07 bits per heavy atom. The van der Waals surface area contributed by atoms with Crippen molar-refractivity contribution in [2.24, 2.45) is 0 Å². The molecule has 0 saturated heterocycles. The number of allylic oxidation sites excluding steroid dienone is 1. The van der Waals surface area contributed by atoms with Crippen LogP contribution in [0.1, 0.15) is 26.7 Å². The van der Waals surface area contributed by atoms with Gasteiger partial charge in [0.05, 0.1) is 6.61 Å². The van der Waals surface area contributed by atoms with Crippen LogP contribution in [0.3, 0.4) is 0 Å². The first kappa shape index (κ1) is 15.6. The fourth-order valence-electron chi connectivity index (χ4n) is 0.793. The zero-order chi connectivity index (χ0) is 10.3. The number of esters is 1. The van der Waals surface area contributed by atoms with Crippen LogP contribution in [0.15, 0.2) is 11.3 Å². The Balaban J connectivity index is 0. The first-order valence-corrected chi connectivity index (χ1v) is 4.16. The Morgan fingerprint density at radius 3 is 2.43 bits per heavy atom. The Hall–Kier alpha value is -0.903. The summed E-state index contributed by atoms with van der Waals surface area (Å²) in [4.78, 5) is 11.0. The molecule has 0 aromatic rings. The summed E-state index contributed by atoms with van der Waals surface area (Å²) < 4.78 is 4.58. The van der Waals surface area contributed by atoms with E-state index in [9.17, 15) is 9.90 Å². The molecule has 0 amide bonds. The van der Waals surface area contributed by atoms with Crippen molar-refractivity contribution in [3.05, 3.63) is 11.3 Å². The van der Waals surface area contributed by atoms with Gasteiger partial charge in [-0.25, -0.2) is 4.79 Å². The van der Waals surface area contributed by atoms with E-state index in [-0.39, 0.29) is 36.8 Å². The van der Waals surface area contributed by atoms with E-state index in [4.69, 9.17) is 5.26 Å². The second-order valence-electron chi connectivity index (χ2n) is 2.40. The van der Waals surface area contributed by atoms with Crippen LogP contribution in [0.4, 0.5) is 0 Å². The molecule has 5 heteroatoms. The average Bonchev–Trinajstić information content (AvgIpc) is 2.06. The van der Waals surface area contributed by atoms with Gasteiger partial charge >= 0.3 is 24.8 Å². The SMILES string of the molecule is CCCC(O)=C(C#N)C(=O)OCC.[LiH]. The maximum atomic E-state index is 11.0. The molecule has 4 nitrogen and oxygen atoms in total. The van der Waals surface area contributed by atoms with E-state index in [0.717, 1.165) is 0 Å². The van der Waals surface area contributed by atoms with E-state index in [0.29, 0.717) is 12.8 Å². The molecule has 0 radical (unpaired) electrons. The molecule has 0 saturated carbocycles. The molecule has 1 N–H and O–H groups in total.